The normalized spacial score (nSPS) is 15.2. The first-order valence-corrected chi connectivity index (χ1v) is 6.85. The fourth-order valence-electron chi connectivity index (χ4n) is 2.02. The Labute approximate surface area is 119 Å². The molecule has 5 heteroatoms. The Kier molecular flexibility index (Phi) is 4.99. The zero-order valence-electron chi connectivity index (χ0n) is 11.3. The maximum atomic E-state index is 5.67. The molecule has 0 spiro atoms. The van der Waals surface area contributed by atoms with Crippen LogP contribution in [0.3, 0.4) is 0 Å². The van der Waals surface area contributed by atoms with Gasteiger partial charge in [0.15, 0.2) is 0 Å². The molecule has 0 aromatic heterocycles. The fourth-order valence-corrected chi connectivity index (χ4v) is 2.37. The van der Waals surface area contributed by atoms with Crippen LogP contribution in [0.25, 0.3) is 0 Å². The Hall–Kier alpha value is -1.33. The Balaban J connectivity index is 2.23. The molecular formula is C14H19NO3S. The first-order chi connectivity index (χ1) is 9.26. The number of rotatable bonds is 4. The third-order valence-corrected chi connectivity index (χ3v) is 3.50. The third-order valence-electron chi connectivity index (χ3n) is 3.02. The van der Waals surface area contributed by atoms with Gasteiger partial charge in [0.2, 0.25) is 0 Å². The Morgan fingerprint density at radius 1 is 1.37 bits per heavy atom. The lowest BCUT2D eigenvalue weighted by atomic mass is 10.1. The molecule has 104 valence electrons. The summed E-state index contributed by atoms with van der Waals surface area (Å²) in [7, 11) is 1.64. The molecule has 0 aliphatic carbocycles. The monoisotopic (exact) mass is 281 g/mol. The summed E-state index contributed by atoms with van der Waals surface area (Å²) in [5.41, 5.74) is 0.944. The second-order valence-electron chi connectivity index (χ2n) is 4.20. The number of hydrogen-bond donors (Lipinski definition) is 0. The van der Waals surface area contributed by atoms with Crippen molar-refractivity contribution in [2.45, 2.75) is 6.92 Å². The smallest absolute Gasteiger partial charge is 0.133 e. The van der Waals surface area contributed by atoms with Gasteiger partial charge in [0.05, 0.1) is 32.5 Å². The van der Waals surface area contributed by atoms with Gasteiger partial charge >= 0.3 is 0 Å². The molecule has 2 rings (SSSR count). The fraction of sp³-hybridized carbons (Fsp3) is 0.500. The molecule has 0 N–H and O–H groups in total. The maximum absolute atomic E-state index is 5.67. The van der Waals surface area contributed by atoms with E-state index in [4.69, 9.17) is 26.4 Å². The van der Waals surface area contributed by atoms with E-state index in [0.717, 1.165) is 48.4 Å². The first-order valence-electron chi connectivity index (χ1n) is 6.44. The average Bonchev–Trinajstić information content (AvgIpc) is 2.47. The van der Waals surface area contributed by atoms with Crippen molar-refractivity contribution in [1.82, 2.24) is 4.90 Å². The molecule has 0 radical (unpaired) electrons. The van der Waals surface area contributed by atoms with Crippen LogP contribution in [-0.2, 0) is 4.74 Å². The van der Waals surface area contributed by atoms with Crippen LogP contribution in [0.2, 0.25) is 0 Å². The lowest BCUT2D eigenvalue weighted by molar-refractivity contribution is 0.0692. The van der Waals surface area contributed by atoms with Crippen LogP contribution in [-0.4, -0.2) is 49.9 Å². The van der Waals surface area contributed by atoms with E-state index in [9.17, 15) is 0 Å². The van der Waals surface area contributed by atoms with Crippen LogP contribution < -0.4 is 9.47 Å². The number of thiocarbonyl (C=S) groups is 1. The summed E-state index contributed by atoms with van der Waals surface area (Å²) in [6.45, 7) is 5.67. The molecule has 19 heavy (non-hydrogen) atoms. The van der Waals surface area contributed by atoms with E-state index in [0.29, 0.717) is 6.61 Å². The van der Waals surface area contributed by atoms with Crippen molar-refractivity contribution in [1.29, 1.82) is 0 Å². The Morgan fingerprint density at radius 3 is 2.74 bits per heavy atom. The summed E-state index contributed by atoms with van der Waals surface area (Å²) in [6, 6.07) is 5.75. The molecule has 0 saturated carbocycles. The van der Waals surface area contributed by atoms with Gasteiger partial charge in [-0.2, -0.15) is 0 Å². The van der Waals surface area contributed by atoms with Crippen molar-refractivity contribution in [2.24, 2.45) is 0 Å². The van der Waals surface area contributed by atoms with Crippen LogP contribution in [0.15, 0.2) is 18.2 Å². The van der Waals surface area contributed by atoms with E-state index in [1.807, 2.05) is 25.1 Å². The highest BCUT2D eigenvalue weighted by Gasteiger charge is 2.18. The van der Waals surface area contributed by atoms with Crippen LogP contribution in [0.5, 0.6) is 11.5 Å². The van der Waals surface area contributed by atoms with E-state index in [-0.39, 0.29) is 0 Å². The lowest BCUT2D eigenvalue weighted by Crippen LogP contribution is -2.40. The summed E-state index contributed by atoms with van der Waals surface area (Å²) in [6.07, 6.45) is 0. The highest BCUT2D eigenvalue weighted by atomic mass is 32.1. The summed E-state index contributed by atoms with van der Waals surface area (Å²) in [4.78, 5) is 2.97. The molecule has 1 fully saturated rings. The number of hydrogen-bond acceptors (Lipinski definition) is 4. The first kappa shape index (κ1) is 14.1. The molecule has 0 bridgehead atoms. The molecular weight excluding hydrogens is 262 g/mol. The zero-order valence-corrected chi connectivity index (χ0v) is 12.2. The second kappa shape index (κ2) is 6.73. The van der Waals surface area contributed by atoms with Crippen LogP contribution >= 0.6 is 12.2 Å². The van der Waals surface area contributed by atoms with E-state index in [1.54, 1.807) is 7.11 Å². The molecule has 1 aliphatic rings. The highest BCUT2D eigenvalue weighted by Crippen LogP contribution is 2.26. The topological polar surface area (TPSA) is 30.9 Å². The number of morpholine rings is 1. The lowest BCUT2D eigenvalue weighted by Gasteiger charge is -2.29. The maximum Gasteiger partial charge on any atom is 0.133 e. The number of benzene rings is 1. The minimum atomic E-state index is 0.603. The van der Waals surface area contributed by atoms with Crippen LogP contribution in [0, 0.1) is 0 Å². The summed E-state index contributed by atoms with van der Waals surface area (Å²) >= 11 is 5.57. The minimum Gasteiger partial charge on any atom is -0.497 e. The van der Waals surface area contributed by atoms with Gasteiger partial charge < -0.3 is 19.1 Å². The van der Waals surface area contributed by atoms with Crippen molar-refractivity contribution in [3.63, 3.8) is 0 Å². The zero-order chi connectivity index (χ0) is 13.7. The van der Waals surface area contributed by atoms with E-state index in [2.05, 4.69) is 4.90 Å². The van der Waals surface area contributed by atoms with Gasteiger partial charge in [0.1, 0.15) is 16.5 Å². The van der Waals surface area contributed by atoms with Crippen molar-refractivity contribution in [2.75, 3.05) is 40.0 Å². The van der Waals surface area contributed by atoms with Crippen LogP contribution in [0.1, 0.15) is 12.5 Å². The standard InChI is InChI=1S/C14H19NO3S/c1-3-18-13-10-11(16-2)4-5-12(13)14(19)15-6-8-17-9-7-15/h4-5,10H,3,6-9H2,1-2H3. The van der Waals surface area contributed by atoms with Gasteiger partial charge in [0.25, 0.3) is 0 Å². The Morgan fingerprint density at radius 2 is 2.11 bits per heavy atom. The molecule has 1 saturated heterocycles. The predicted octanol–water partition coefficient (Wildman–Crippen LogP) is 2.10. The molecule has 0 amide bonds. The molecule has 1 aliphatic heterocycles. The van der Waals surface area contributed by atoms with Crippen molar-refractivity contribution >= 4 is 17.2 Å². The molecule has 0 unspecified atom stereocenters. The predicted molar refractivity (Wildman–Crippen MR) is 78.3 cm³/mol. The molecule has 1 aromatic rings. The quantitative estimate of drug-likeness (QED) is 0.789. The minimum absolute atomic E-state index is 0.603. The van der Waals surface area contributed by atoms with E-state index < -0.39 is 0 Å². The average molecular weight is 281 g/mol. The number of ether oxygens (including phenoxy) is 3. The number of methoxy groups -OCH3 is 1. The largest absolute Gasteiger partial charge is 0.497 e. The van der Waals surface area contributed by atoms with Crippen molar-refractivity contribution in [3.8, 4) is 11.5 Å². The third kappa shape index (κ3) is 3.36. The van der Waals surface area contributed by atoms with E-state index >= 15 is 0 Å². The highest BCUT2D eigenvalue weighted by molar-refractivity contribution is 7.80. The van der Waals surface area contributed by atoms with Gasteiger partial charge in [-0.05, 0) is 19.1 Å². The molecule has 0 atom stereocenters. The Bertz CT molecular complexity index is 444. The summed E-state index contributed by atoms with van der Waals surface area (Å²) in [5, 5.41) is 0. The molecule has 4 nitrogen and oxygen atoms in total. The van der Waals surface area contributed by atoms with Gasteiger partial charge in [-0.15, -0.1) is 0 Å². The van der Waals surface area contributed by atoms with E-state index in [1.165, 1.54) is 0 Å². The van der Waals surface area contributed by atoms with Gasteiger partial charge in [-0.1, -0.05) is 12.2 Å². The summed E-state index contributed by atoms with van der Waals surface area (Å²) < 4.78 is 16.2. The SMILES string of the molecule is CCOc1cc(OC)ccc1C(=S)N1CCOCC1. The second-order valence-corrected chi connectivity index (χ2v) is 4.59. The molecule has 1 heterocycles. The van der Waals surface area contributed by atoms with Gasteiger partial charge in [-0.25, -0.2) is 0 Å². The van der Waals surface area contributed by atoms with Gasteiger partial charge in [0, 0.05) is 19.2 Å². The number of nitrogens with zero attached hydrogens (tertiary/aromatic N) is 1. The van der Waals surface area contributed by atoms with Gasteiger partial charge in [-0.3, -0.25) is 0 Å². The summed E-state index contributed by atoms with van der Waals surface area (Å²) in [5.74, 6) is 1.55. The van der Waals surface area contributed by atoms with Crippen molar-refractivity contribution in [3.05, 3.63) is 23.8 Å². The van der Waals surface area contributed by atoms with Crippen LogP contribution in [0.4, 0.5) is 0 Å². The van der Waals surface area contributed by atoms with Crippen molar-refractivity contribution < 1.29 is 14.2 Å². The molecule has 1 aromatic carbocycles.